The summed E-state index contributed by atoms with van der Waals surface area (Å²) in [5.41, 5.74) is 4.36. The van der Waals surface area contributed by atoms with Gasteiger partial charge in [0.2, 0.25) is 5.91 Å². The third-order valence-electron chi connectivity index (χ3n) is 4.45. The van der Waals surface area contributed by atoms with Gasteiger partial charge in [0.25, 0.3) is 5.69 Å². The minimum atomic E-state index is -0.511. The van der Waals surface area contributed by atoms with Gasteiger partial charge in [0.15, 0.2) is 11.5 Å². The molecule has 0 atom stereocenters. The van der Waals surface area contributed by atoms with Crippen molar-refractivity contribution in [2.75, 3.05) is 6.61 Å². The van der Waals surface area contributed by atoms with E-state index < -0.39 is 10.8 Å². The number of para-hydroxylation sites is 1. The molecule has 3 aromatic rings. The molecule has 3 aromatic carbocycles. The second-order valence-electron chi connectivity index (χ2n) is 6.77. The predicted molar refractivity (Wildman–Crippen MR) is 121 cm³/mol. The van der Waals surface area contributed by atoms with Crippen molar-refractivity contribution in [3.8, 4) is 11.5 Å². The number of hydrogen-bond donors (Lipinski definition) is 1. The Balaban J connectivity index is 1.62. The van der Waals surface area contributed by atoms with Gasteiger partial charge in [-0.2, -0.15) is 5.10 Å². The van der Waals surface area contributed by atoms with E-state index in [0.717, 1.165) is 5.56 Å². The van der Waals surface area contributed by atoms with E-state index in [-0.39, 0.29) is 12.1 Å². The lowest BCUT2D eigenvalue weighted by molar-refractivity contribution is -0.385. The van der Waals surface area contributed by atoms with Gasteiger partial charge in [-0.25, -0.2) is 5.43 Å². The molecule has 3 rings (SSSR count). The predicted octanol–water partition coefficient (Wildman–Crippen LogP) is 4.27. The molecule has 8 heteroatoms. The smallest absolute Gasteiger partial charge is 0.273 e. The summed E-state index contributed by atoms with van der Waals surface area (Å²) in [5.74, 6) is 0.718. The van der Waals surface area contributed by atoms with Crippen LogP contribution >= 0.6 is 0 Å². The Kier molecular flexibility index (Phi) is 7.91. The molecule has 0 heterocycles. The van der Waals surface area contributed by atoms with Crippen molar-refractivity contribution in [3.63, 3.8) is 0 Å². The molecule has 1 N–H and O–H groups in total. The molecular formula is C24H23N3O5. The van der Waals surface area contributed by atoms with Crippen molar-refractivity contribution >= 4 is 17.8 Å². The number of hydrogen-bond acceptors (Lipinski definition) is 6. The maximum atomic E-state index is 12.1. The SMILES string of the molecule is CCOc1cc(/C=N/NC(=O)Cc2ccccc2[N+](=O)[O-])ccc1OCc1ccccc1. The molecule has 8 nitrogen and oxygen atoms in total. The van der Waals surface area contributed by atoms with Crippen molar-refractivity contribution < 1.29 is 19.2 Å². The monoisotopic (exact) mass is 433 g/mol. The summed E-state index contributed by atoms with van der Waals surface area (Å²) in [5, 5.41) is 15.0. The summed E-state index contributed by atoms with van der Waals surface area (Å²) in [4.78, 5) is 22.7. The molecule has 0 saturated heterocycles. The number of ether oxygens (including phenoxy) is 2. The van der Waals surface area contributed by atoms with Crippen molar-refractivity contribution in [3.05, 3.63) is 99.6 Å². The van der Waals surface area contributed by atoms with E-state index in [4.69, 9.17) is 9.47 Å². The highest BCUT2D eigenvalue weighted by Gasteiger charge is 2.15. The Morgan fingerprint density at radius 3 is 2.53 bits per heavy atom. The standard InChI is InChI=1S/C24H23N3O5/c1-2-31-23-14-19(12-13-22(23)32-17-18-8-4-3-5-9-18)16-25-26-24(28)15-20-10-6-7-11-21(20)27(29)30/h3-14,16H,2,15,17H2,1H3,(H,26,28)/b25-16+. The summed E-state index contributed by atoms with van der Waals surface area (Å²) in [7, 11) is 0. The molecule has 0 aromatic heterocycles. The molecule has 0 bridgehead atoms. The van der Waals surface area contributed by atoms with Crippen LogP contribution in [0.4, 0.5) is 5.69 Å². The Hall–Kier alpha value is -4.20. The number of carbonyl (C=O) groups is 1. The molecule has 0 radical (unpaired) electrons. The lowest BCUT2D eigenvalue weighted by atomic mass is 10.1. The Bertz CT molecular complexity index is 1100. The topological polar surface area (TPSA) is 103 Å². The van der Waals surface area contributed by atoms with Gasteiger partial charge in [0, 0.05) is 11.6 Å². The molecule has 0 aliphatic rings. The highest BCUT2D eigenvalue weighted by molar-refractivity contribution is 5.84. The lowest BCUT2D eigenvalue weighted by Crippen LogP contribution is -2.20. The maximum Gasteiger partial charge on any atom is 0.273 e. The van der Waals surface area contributed by atoms with E-state index in [1.165, 1.54) is 12.3 Å². The molecule has 0 fully saturated rings. The average Bonchev–Trinajstić information content (AvgIpc) is 2.79. The second-order valence-corrected chi connectivity index (χ2v) is 6.77. The number of amides is 1. The lowest BCUT2D eigenvalue weighted by Gasteiger charge is -2.12. The molecular weight excluding hydrogens is 410 g/mol. The van der Waals surface area contributed by atoms with Crippen LogP contribution < -0.4 is 14.9 Å². The fraction of sp³-hybridized carbons (Fsp3) is 0.167. The summed E-state index contributed by atoms with van der Waals surface area (Å²) in [6, 6.07) is 21.3. The Morgan fingerprint density at radius 2 is 1.78 bits per heavy atom. The van der Waals surface area contributed by atoms with E-state index in [1.807, 2.05) is 37.3 Å². The zero-order valence-electron chi connectivity index (χ0n) is 17.6. The summed E-state index contributed by atoms with van der Waals surface area (Å²) in [6.07, 6.45) is 1.33. The molecule has 1 amide bonds. The van der Waals surface area contributed by atoms with Gasteiger partial charge in [-0.05, 0) is 36.2 Å². The first-order valence-corrected chi connectivity index (χ1v) is 10.0. The molecule has 0 aliphatic heterocycles. The minimum Gasteiger partial charge on any atom is -0.490 e. The molecule has 0 unspecified atom stereocenters. The van der Waals surface area contributed by atoms with E-state index >= 15 is 0 Å². The first kappa shape index (κ1) is 22.5. The third-order valence-corrected chi connectivity index (χ3v) is 4.45. The zero-order chi connectivity index (χ0) is 22.8. The minimum absolute atomic E-state index is 0.0981. The number of nitro benzene ring substituents is 1. The summed E-state index contributed by atoms with van der Waals surface area (Å²) >= 11 is 0. The zero-order valence-corrected chi connectivity index (χ0v) is 17.6. The van der Waals surface area contributed by atoms with Crippen LogP contribution in [-0.4, -0.2) is 23.7 Å². The van der Waals surface area contributed by atoms with E-state index in [2.05, 4.69) is 10.5 Å². The highest BCUT2D eigenvalue weighted by atomic mass is 16.6. The number of rotatable bonds is 10. The van der Waals surface area contributed by atoms with Crippen molar-refractivity contribution in [1.29, 1.82) is 0 Å². The van der Waals surface area contributed by atoms with Crippen LogP contribution in [-0.2, 0) is 17.8 Å². The van der Waals surface area contributed by atoms with Crippen LogP contribution in [0.2, 0.25) is 0 Å². The van der Waals surface area contributed by atoms with Crippen LogP contribution in [0, 0.1) is 10.1 Å². The quantitative estimate of drug-likeness (QED) is 0.292. The number of nitro groups is 1. The number of hydrazone groups is 1. The molecule has 32 heavy (non-hydrogen) atoms. The normalized spacial score (nSPS) is 10.7. The fourth-order valence-corrected chi connectivity index (χ4v) is 2.96. The van der Waals surface area contributed by atoms with Gasteiger partial charge in [-0.3, -0.25) is 14.9 Å². The highest BCUT2D eigenvalue weighted by Crippen LogP contribution is 2.29. The largest absolute Gasteiger partial charge is 0.490 e. The molecule has 164 valence electrons. The fourth-order valence-electron chi connectivity index (χ4n) is 2.96. The Labute approximate surface area is 185 Å². The Morgan fingerprint density at radius 1 is 1.03 bits per heavy atom. The van der Waals surface area contributed by atoms with E-state index in [9.17, 15) is 14.9 Å². The van der Waals surface area contributed by atoms with Crippen molar-refractivity contribution in [2.45, 2.75) is 20.0 Å². The first-order chi connectivity index (χ1) is 15.6. The van der Waals surface area contributed by atoms with Crippen LogP contribution in [0.25, 0.3) is 0 Å². The van der Waals surface area contributed by atoms with Gasteiger partial charge in [-0.1, -0.05) is 48.5 Å². The van der Waals surface area contributed by atoms with Crippen LogP contribution in [0.15, 0.2) is 77.9 Å². The van der Waals surface area contributed by atoms with Crippen LogP contribution in [0.3, 0.4) is 0 Å². The molecule has 0 aliphatic carbocycles. The number of benzene rings is 3. The van der Waals surface area contributed by atoms with E-state index in [1.54, 1.807) is 36.4 Å². The van der Waals surface area contributed by atoms with Gasteiger partial charge in [-0.15, -0.1) is 0 Å². The summed E-state index contributed by atoms with van der Waals surface area (Å²) < 4.78 is 11.5. The van der Waals surface area contributed by atoms with Gasteiger partial charge >= 0.3 is 0 Å². The maximum absolute atomic E-state index is 12.1. The number of nitrogens with one attached hydrogen (secondary N) is 1. The number of carbonyl (C=O) groups excluding carboxylic acids is 1. The molecule has 0 spiro atoms. The van der Waals surface area contributed by atoms with Crippen LogP contribution in [0.1, 0.15) is 23.6 Å². The van der Waals surface area contributed by atoms with E-state index in [0.29, 0.717) is 35.8 Å². The number of nitrogens with zero attached hydrogens (tertiary/aromatic N) is 2. The third kappa shape index (κ3) is 6.40. The van der Waals surface area contributed by atoms with Crippen molar-refractivity contribution in [1.82, 2.24) is 5.43 Å². The molecule has 0 saturated carbocycles. The van der Waals surface area contributed by atoms with Crippen LogP contribution in [0.5, 0.6) is 11.5 Å². The van der Waals surface area contributed by atoms with Gasteiger partial charge in [0.1, 0.15) is 6.61 Å². The summed E-state index contributed by atoms with van der Waals surface area (Å²) in [6.45, 7) is 2.76. The average molecular weight is 433 g/mol. The van der Waals surface area contributed by atoms with Crippen molar-refractivity contribution in [2.24, 2.45) is 5.10 Å². The first-order valence-electron chi connectivity index (χ1n) is 10.0. The second kappa shape index (κ2) is 11.3. The van der Waals surface area contributed by atoms with Gasteiger partial charge < -0.3 is 9.47 Å². The van der Waals surface area contributed by atoms with Gasteiger partial charge in [0.05, 0.1) is 24.2 Å².